The maximum Gasteiger partial charge on any atom is 0.127 e. The van der Waals surface area contributed by atoms with Gasteiger partial charge in [0.15, 0.2) is 0 Å². The molecule has 0 fully saturated rings. The van der Waals surface area contributed by atoms with E-state index in [1.54, 1.807) is 0 Å². The quantitative estimate of drug-likeness (QED) is 0.725. The van der Waals surface area contributed by atoms with Crippen LogP contribution in [0.5, 0.6) is 0 Å². The van der Waals surface area contributed by atoms with Gasteiger partial charge >= 0.3 is 0 Å². The number of halogens is 1. The highest BCUT2D eigenvalue weighted by Crippen LogP contribution is 2.19. The zero-order chi connectivity index (χ0) is 8.97. The fraction of sp³-hybridized carbons (Fsp3) is 0.300. The molecule has 12 heavy (non-hydrogen) atoms. The van der Waals surface area contributed by atoms with Gasteiger partial charge in [-0.1, -0.05) is 35.0 Å². The van der Waals surface area contributed by atoms with Crippen molar-refractivity contribution >= 4 is 22.2 Å². The molecular weight excluding hydrogens is 216 g/mol. The average Bonchev–Trinajstić information content (AvgIpc) is 2.10. The maximum absolute atomic E-state index is 10.6. The van der Waals surface area contributed by atoms with Crippen molar-refractivity contribution in [2.24, 2.45) is 0 Å². The molecule has 0 aliphatic carbocycles. The smallest absolute Gasteiger partial charge is 0.127 e. The van der Waals surface area contributed by atoms with Gasteiger partial charge < -0.3 is 4.79 Å². The van der Waals surface area contributed by atoms with Crippen molar-refractivity contribution in [2.75, 3.05) is 0 Å². The van der Waals surface area contributed by atoms with Gasteiger partial charge in [-0.15, -0.1) is 0 Å². The van der Waals surface area contributed by atoms with E-state index in [9.17, 15) is 4.79 Å². The minimum atomic E-state index is 0.0538. The molecule has 0 amide bonds. The second-order valence-electron chi connectivity index (χ2n) is 2.70. The number of rotatable bonds is 3. The number of hydrogen-bond acceptors (Lipinski definition) is 1. The van der Waals surface area contributed by atoms with Crippen molar-refractivity contribution in [3.8, 4) is 0 Å². The topological polar surface area (TPSA) is 17.1 Å². The molecule has 1 nitrogen and oxygen atoms in total. The zero-order valence-electron chi connectivity index (χ0n) is 6.96. The number of benzene rings is 1. The lowest BCUT2D eigenvalue weighted by Gasteiger charge is -2.06. The summed E-state index contributed by atoms with van der Waals surface area (Å²) in [7, 11) is 0. The predicted molar refractivity (Wildman–Crippen MR) is 53.2 cm³/mol. The Morgan fingerprint density at radius 1 is 1.42 bits per heavy atom. The number of carbonyl (C=O) groups is 1. The Morgan fingerprint density at radius 2 is 2.00 bits per heavy atom. The molecule has 0 bridgehead atoms. The molecule has 1 rings (SSSR count). The molecule has 1 aromatic carbocycles. The number of aldehydes is 1. The van der Waals surface area contributed by atoms with Gasteiger partial charge in [0.2, 0.25) is 0 Å². The molecule has 1 unspecified atom stereocenters. The molecule has 0 saturated carbocycles. The summed E-state index contributed by atoms with van der Waals surface area (Å²) < 4.78 is 1.05. The summed E-state index contributed by atoms with van der Waals surface area (Å²) in [5.41, 5.74) is 1.09. The van der Waals surface area contributed by atoms with Crippen molar-refractivity contribution in [1.29, 1.82) is 0 Å². The van der Waals surface area contributed by atoms with E-state index in [0.29, 0.717) is 0 Å². The SMILES string of the molecule is CCC(C=O)c1ccc(Br)cc1. The third-order valence-electron chi connectivity index (χ3n) is 1.90. The lowest BCUT2D eigenvalue weighted by molar-refractivity contribution is -0.109. The number of hydrogen-bond donors (Lipinski definition) is 0. The van der Waals surface area contributed by atoms with Gasteiger partial charge in [0.05, 0.1) is 0 Å². The highest BCUT2D eigenvalue weighted by molar-refractivity contribution is 9.10. The molecule has 0 aliphatic heterocycles. The van der Waals surface area contributed by atoms with Gasteiger partial charge in [0, 0.05) is 10.4 Å². The molecule has 0 heterocycles. The molecule has 0 aromatic heterocycles. The van der Waals surface area contributed by atoms with E-state index in [2.05, 4.69) is 15.9 Å². The Bertz CT molecular complexity index is 253. The maximum atomic E-state index is 10.6. The number of carbonyl (C=O) groups excluding carboxylic acids is 1. The Balaban J connectivity index is 2.87. The molecule has 0 spiro atoms. The average molecular weight is 227 g/mol. The van der Waals surface area contributed by atoms with Crippen molar-refractivity contribution in [1.82, 2.24) is 0 Å². The van der Waals surface area contributed by atoms with Crippen LogP contribution in [-0.4, -0.2) is 6.29 Å². The largest absolute Gasteiger partial charge is 0.303 e. The summed E-state index contributed by atoms with van der Waals surface area (Å²) in [5, 5.41) is 0. The predicted octanol–water partition coefficient (Wildman–Crippen LogP) is 3.14. The molecular formula is C10H11BrO. The minimum Gasteiger partial charge on any atom is -0.303 e. The van der Waals surface area contributed by atoms with Crippen LogP contribution in [0.25, 0.3) is 0 Å². The van der Waals surface area contributed by atoms with Crippen LogP contribution in [-0.2, 0) is 4.79 Å². The van der Waals surface area contributed by atoms with Crippen LogP contribution in [0.2, 0.25) is 0 Å². The van der Waals surface area contributed by atoms with Crippen LogP contribution in [0.4, 0.5) is 0 Å². The molecule has 0 radical (unpaired) electrons. The molecule has 0 aliphatic rings. The van der Waals surface area contributed by atoms with E-state index in [1.807, 2.05) is 31.2 Å². The van der Waals surface area contributed by atoms with Crippen LogP contribution in [0.1, 0.15) is 24.8 Å². The Hall–Kier alpha value is -0.630. The van der Waals surface area contributed by atoms with Gasteiger partial charge in [-0.25, -0.2) is 0 Å². The molecule has 64 valence electrons. The van der Waals surface area contributed by atoms with E-state index in [4.69, 9.17) is 0 Å². The van der Waals surface area contributed by atoms with E-state index >= 15 is 0 Å². The standard InChI is InChI=1S/C10H11BrO/c1-2-8(7-12)9-3-5-10(11)6-4-9/h3-8H,2H2,1H3. The summed E-state index contributed by atoms with van der Waals surface area (Å²) in [4.78, 5) is 10.6. The third-order valence-corrected chi connectivity index (χ3v) is 2.43. The highest BCUT2D eigenvalue weighted by atomic mass is 79.9. The summed E-state index contributed by atoms with van der Waals surface area (Å²) >= 11 is 3.35. The Morgan fingerprint density at radius 3 is 2.42 bits per heavy atom. The van der Waals surface area contributed by atoms with Crippen molar-refractivity contribution in [2.45, 2.75) is 19.3 Å². The molecule has 1 aromatic rings. The first-order chi connectivity index (χ1) is 5.77. The lowest BCUT2D eigenvalue weighted by Crippen LogP contribution is -1.97. The van der Waals surface area contributed by atoms with Crippen LogP contribution in [0, 0.1) is 0 Å². The zero-order valence-corrected chi connectivity index (χ0v) is 8.54. The highest BCUT2D eigenvalue weighted by Gasteiger charge is 2.06. The summed E-state index contributed by atoms with van der Waals surface area (Å²) in [6, 6.07) is 7.88. The second kappa shape index (κ2) is 4.41. The van der Waals surface area contributed by atoms with Gasteiger partial charge in [-0.2, -0.15) is 0 Å². The van der Waals surface area contributed by atoms with Gasteiger partial charge in [-0.3, -0.25) is 0 Å². The molecule has 0 saturated heterocycles. The normalized spacial score (nSPS) is 12.5. The van der Waals surface area contributed by atoms with Crippen molar-refractivity contribution in [3.63, 3.8) is 0 Å². The van der Waals surface area contributed by atoms with Crippen LogP contribution < -0.4 is 0 Å². The Kier molecular flexibility index (Phi) is 3.48. The third kappa shape index (κ3) is 2.18. The van der Waals surface area contributed by atoms with Crippen LogP contribution in [0.15, 0.2) is 28.7 Å². The first kappa shape index (κ1) is 9.46. The van der Waals surface area contributed by atoms with Gasteiger partial charge in [-0.05, 0) is 24.1 Å². The van der Waals surface area contributed by atoms with E-state index in [1.165, 1.54) is 0 Å². The molecule has 1 atom stereocenters. The van der Waals surface area contributed by atoms with Gasteiger partial charge in [0.25, 0.3) is 0 Å². The van der Waals surface area contributed by atoms with E-state index < -0.39 is 0 Å². The molecule has 0 N–H and O–H groups in total. The van der Waals surface area contributed by atoms with E-state index in [-0.39, 0.29) is 5.92 Å². The summed E-state index contributed by atoms with van der Waals surface area (Å²) in [5.74, 6) is 0.0538. The molecule has 2 heteroatoms. The fourth-order valence-corrected chi connectivity index (χ4v) is 1.38. The fourth-order valence-electron chi connectivity index (χ4n) is 1.12. The monoisotopic (exact) mass is 226 g/mol. The minimum absolute atomic E-state index is 0.0538. The van der Waals surface area contributed by atoms with Crippen LogP contribution in [0.3, 0.4) is 0 Å². The van der Waals surface area contributed by atoms with Crippen molar-refractivity contribution < 1.29 is 4.79 Å². The first-order valence-electron chi connectivity index (χ1n) is 3.98. The van der Waals surface area contributed by atoms with Crippen LogP contribution >= 0.6 is 15.9 Å². The van der Waals surface area contributed by atoms with Crippen molar-refractivity contribution in [3.05, 3.63) is 34.3 Å². The first-order valence-corrected chi connectivity index (χ1v) is 4.78. The lowest BCUT2D eigenvalue weighted by atomic mass is 9.98. The summed E-state index contributed by atoms with van der Waals surface area (Å²) in [6.07, 6.45) is 1.87. The van der Waals surface area contributed by atoms with Gasteiger partial charge in [0.1, 0.15) is 6.29 Å². The summed E-state index contributed by atoms with van der Waals surface area (Å²) in [6.45, 7) is 2.01. The Labute approximate surface area is 80.9 Å². The van der Waals surface area contributed by atoms with E-state index in [0.717, 1.165) is 22.7 Å². The second-order valence-corrected chi connectivity index (χ2v) is 3.62.